The van der Waals surface area contributed by atoms with E-state index in [0.29, 0.717) is 22.5 Å². The van der Waals surface area contributed by atoms with Crippen LogP contribution in [0.1, 0.15) is 36.0 Å². The van der Waals surface area contributed by atoms with Crippen LogP contribution in [0.5, 0.6) is 0 Å². The Bertz CT molecular complexity index is 4080. The number of nitrogens with zero attached hydrogens (tertiary/aromatic N) is 2. The van der Waals surface area contributed by atoms with Gasteiger partial charge in [0.05, 0.1) is 47.8 Å². The lowest BCUT2D eigenvalue weighted by Crippen LogP contribution is -2.14. The Morgan fingerprint density at radius 3 is 1.15 bits per heavy atom. The minimum absolute atomic E-state index is 0.103. The number of aryl methyl sites for hydroxylation is 4. The molecule has 314 valence electrons. The normalized spacial score (nSPS) is 13.8. The molecule has 2 heteroatoms. The third kappa shape index (κ3) is 6.40. The molecule has 0 radical (unpaired) electrons. The Morgan fingerprint density at radius 2 is 0.712 bits per heavy atom. The topological polar surface area (TPSA) is 6.48 Å². The Labute approximate surface area is 400 Å². The number of rotatable bonds is 8. The third-order valence-electron chi connectivity index (χ3n) is 13.1. The van der Waals surface area contributed by atoms with Crippen molar-refractivity contribution < 1.29 is 13.7 Å². The lowest BCUT2D eigenvalue weighted by atomic mass is 9.90. The molecule has 0 spiro atoms. The van der Waals surface area contributed by atoms with Gasteiger partial charge in [0.15, 0.2) is 0 Å². The summed E-state index contributed by atoms with van der Waals surface area (Å²) in [7, 11) is 0. The van der Waals surface area contributed by atoms with E-state index in [1.807, 2.05) is 48.5 Å². The maximum Gasteiger partial charge on any atom is 0.0629 e. The molecule has 12 aromatic carbocycles. The fourth-order valence-corrected chi connectivity index (χ4v) is 10.1. The summed E-state index contributed by atoms with van der Waals surface area (Å²) in [6.45, 7) is 8.29. The predicted octanol–water partition coefficient (Wildman–Crippen LogP) is 18.4. The van der Waals surface area contributed by atoms with E-state index in [9.17, 15) is 5.48 Å². The molecule has 0 unspecified atom stereocenters. The summed E-state index contributed by atoms with van der Waals surface area (Å²) in [6, 6.07) is 49.6. The van der Waals surface area contributed by atoms with Crippen LogP contribution >= 0.6 is 0 Å². The highest BCUT2D eigenvalue weighted by Gasteiger charge is 2.27. The minimum atomic E-state index is -0.457. The molecule has 0 aliphatic heterocycles. The molecule has 0 atom stereocenters. The lowest BCUT2D eigenvalue weighted by molar-refractivity contribution is 1.28. The highest BCUT2D eigenvalue weighted by Crippen LogP contribution is 2.52. The van der Waals surface area contributed by atoms with Crippen molar-refractivity contribution in [2.45, 2.75) is 27.7 Å². The quantitative estimate of drug-likeness (QED) is 0.141. The molecule has 12 aromatic rings. The molecule has 0 bridgehead atoms. The van der Waals surface area contributed by atoms with Gasteiger partial charge in [0.1, 0.15) is 0 Å². The van der Waals surface area contributed by atoms with Crippen molar-refractivity contribution in [1.29, 1.82) is 0 Å². The number of benzene rings is 12. The van der Waals surface area contributed by atoms with Gasteiger partial charge in [-0.15, -0.1) is 0 Å². The summed E-state index contributed by atoms with van der Waals surface area (Å²) >= 11 is 0. The first-order chi connectivity index (χ1) is 36.5. The first-order valence-corrected chi connectivity index (χ1v) is 22.2. The van der Waals surface area contributed by atoms with Gasteiger partial charge in [-0.05, 0) is 119 Å². The summed E-state index contributed by atoms with van der Waals surface area (Å²) < 4.78 is 88.8. The van der Waals surface area contributed by atoms with E-state index in [1.165, 1.54) is 0 Å². The highest BCUT2D eigenvalue weighted by atomic mass is 15.2. The summed E-state index contributed by atoms with van der Waals surface area (Å²) in [5, 5.41) is 9.77. The van der Waals surface area contributed by atoms with Crippen molar-refractivity contribution in [3.05, 3.63) is 240 Å². The molecule has 0 N–H and O–H groups in total. The second-order valence-electron chi connectivity index (χ2n) is 17.2. The number of hydrogen-bond acceptors (Lipinski definition) is 2. The first kappa shape index (κ1) is 30.0. The van der Waals surface area contributed by atoms with Gasteiger partial charge in [-0.2, -0.15) is 0 Å². The van der Waals surface area contributed by atoms with Gasteiger partial charge in [-0.1, -0.05) is 193 Å². The van der Waals surface area contributed by atoms with Gasteiger partial charge < -0.3 is 9.80 Å². The molecular formula is C64H48N2. The van der Waals surface area contributed by atoms with Crippen LogP contribution in [0, 0.1) is 27.7 Å². The first-order valence-electron chi connectivity index (χ1n) is 27.2. The summed E-state index contributed by atoms with van der Waals surface area (Å²) in [4.78, 5) is 4.40. The van der Waals surface area contributed by atoms with Crippen molar-refractivity contribution in [2.75, 3.05) is 9.80 Å². The Balaban J connectivity index is 1.19. The largest absolute Gasteiger partial charge is 0.308 e. The summed E-state index contributed by atoms with van der Waals surface area (Å²) in [6.07, 6.45) is 0. The van der Waals surface area contributed by atoms with Crippen LogP contribution in [0.2, 0.25) is 0 Å². The van der Waals surface area contributed by atoms with Crippen LogP contribution in [0.15, 0.2) is 218 Å². The van der Waals surface area contributed by atoms with E-state index in [-0.39, 0.29) is 35.3 Å². The van der Waals surface area contributed by atoms with Crippen molar-refractivity contribution in [3.8, 4) is 22.3 Å². The Kier molecular flexibility index (Phi) is 7.19. The van der Waals surface area contributed by atoms with Crippen LogP contribution < -0.4 is 9.80 Å². The molecule has 0 aliphatic rings. The molecule has 0 fully saturated rings. The van der Waals surface area contributed by atoms with E-state index in [1.54, 1.807) is 0 Å². The minimum Gasteiger partial charge on any atom is -0.308 e. The number of hydrogen-bond donors (Lipinski definition) is 0. The summed E-state index contributed by atoms with van der Waals surface area (Å²) in [5.74, 6) is 0. The maximum atomic E-state index is 9.21. The van der Waals surface area contributed by atoms with Gasteiger partial charge in [0, 0.05) is 32.7 Å². The van der Waals surface area contributed by atoms with Gasteiger partial charge in [-0.25, -0.2) is 0 Å². The van der Waals surface area contributed by atoms with E-state index in [0.717, 1.165) is 98.9 Å². The van der Waals surface area contributed by atoms with E-state index in [2.05, 4.69) is 147 Å². The van der Waals surface area contributed by atoms with Crippen molar-refractivity contribution >= 4 is 88.0 Å². The highest BCUT2D eigenvalue weighted by molar-refractivity contribution is 6.29. The average molecular weight is 855 g/mol. The fraction of sp³-hybridized carbons (Fsp3) is 0.0625. The number of anilines is 6. The lowest BCUT2D eigenvalue weighted by Gasteiger charge is -2.33. The zero-order chi connectivity index (χ0) is 53.2. The molecule has 12 rings (SSSR count). The van der Waals surface area contributed by atoms with Crippen molar-refractivity contribution in [1.82, 2.24) is 0 Å². The van der Waals surface area contributed by atoms with Crippen LogP contribution in [-0.4, -0.2) is 0 Å². The standard InChI is InChI=1S/C64H48N2/c1-41-23-27-47-29-25-43(3)63(55(47)39-41)65(57-21-13-11-19-51(57)45-15-7-5-8-16-45)59-37-33-49-32-36-54-60(38-34-50-31-35-53(59)61(49)62(50)54)66(58-22-14-12-20-52(58)46-17-9-6-10-18-46)64-44(4)26-30-48-28-24-42(2)40-56(48)64/h5-40H,1-4H3/i5D,6D,7D,8D,9D,10D,15D,16D,17D,18D. The zero-order valence-corrected chi connectivity index (χ0v) is 36.9. The second-order valence-corrected chi connectivity index (χ2v) is 17.2. The fourth-order valence-electron chi connectivity index (χ4n) is 10.1. The number of fused-ring (bicyclic) bond motifs is 2. The molecular weight excluding hydrogens is 797 g/mol. The van der Waals surface area contributed by atoms with Crippen LogP contribution in [0.25, 0.3) is 76.1 Å². The number of para-hydroxylation sites is 2. The van der Waals surface area contributed by atoms with Crippen molar-refractivity contribution in [3.63, 3.8) is 0 Å². The van der Waals surface area contributed by atoms with Gasteiger partial charge in [0.25, 0.3) is 0 Å². The van der Waals surface area contributed by atoms with Crippen molar-refractivity contribution in [2.24, 2.45) is 0 Å². The van der Waals surface area contributed by atoms with E-state index < -0.39 is 36.3 Å². The third-order valence-corrected chi connectivity index (χ3v) is 13.1. The molecule has 2 nitrogen and oxygen atoms in total. The molecule has 0 amide bonds. The Morgan fingerprint density at radius 1 is 0.333 bits per heavy atom. The zero-order valence-electron chi connectivity index (χ0n) is 46.9. The SMILES string of the molecule is [2H]c1c([2H])c([2H])c(-c2ccccc2N(c2c(C)ccc3ccc(C)cc23)c2ccc3ccc4c(N(c5ccccc5-c5c([2H])c([2H])c([2H])c([2H])c5[2H])c5c(C)ccc6ccc(C)cc56)ccc5ccc2c3c54)c([2H])c1[2H]. The van der Waals surface area contributed by atoms with Gasteiger partial charge in [0.2, 0.25) is 0 Å². The second kappa shape index (κ2) is 15.8. The molecule has 0 saturated carbocycles. The smallest absolute Gasteiger partial charge is 0.0629 e. The van der Waals surface area contributed by atoms with Gasteiger partial charge in [-0.3, -0.25) is 0 Å². The van der Waals surface area contributed by atoms with Crippen LogP contribution in [0.3, 0.4) is 0 Å². The molecule has 0 saturated heterocycles. The molecule has 0 heterocycles. The van der Waals surface area contributed by atoms with E-state index >= 15 is 0 Å². The predicted molar refractivity (Wildman–Crippen MR) is 284 cm³/mol. The molecule has 66 heavy (non-hydrogen) atoms. The van der Waals surface area contributed by atoms with Crippen LogP contribution in [-0.2, 0) is 0 Å². The van der Waals surface area contributed by atoms with E-state index in [4.69, 9.17) is 8.22 Å². The average Bonchev–Trinajstić information content (AvgIpc) is 3.46. The molecule has 0 aliphatic carbocycles. The maximum absolute atomic E-state index is 9.21. The van der Waals surface area contributed by atoms with Gasteiger partial charge >= 0.3 is 0 Å². The monoisotopic (exact) mass is 854 g/mol. The molecule has 0 aromatic heterocycles. The summed E-state index contributed by atoms with van der Waals surface area (Å²) in [5.41, 5.74) is 9.88. The Hall–Kier alpha value is -8.20. The van der Waals surface area contributed by atoms with Crippen LogP contribution in [0.4, 0.5) is 34.1 Å².